The highest BCUT2D eigenvalue weighted by Crippen LogP contribution is 2.13. The molecule has 0 saturated heterocycles. The van der Waals surface area contributed by atoms with Gasteiger partial charge in [0.1, 0.15) is 0 Å². The molecule has 0 fully saturated rings. The van der Waals surface area contributed by atoms with Gasteiger partial charge in [-0.25, -0.2) is 4.79 Å². The van der Waals surface area contributed by atoms with Gasteiger partial charge in [0.05, 0.1) is 6.61 Å². The van der Waals surface area contributed by atoms with E-state index in [1.54, 1.807) is 0 Å². The van der Waals surface area contributed by atoms with Crippen LogP contribution < -0.4 is 0 Å². The Kier molecular flexibility index (Phi) is 12.2. The Morgan fingerprint density at radius 3 is 2.10 bits per heavy atom. The predicted octanol–water partition coefficient (Wildman–Crippen LogP) is 6.30. The van der Waals surface area contributed by atoms with E-state index in [1.165, 1.54) is 28.5 Å². The average Bonchev–Trinajstić information content (AvgIpc) is 2.38. The summed E-state index contributed by atoms with van der Waals surface area (Å²) in [6, 6.07) is 0. The number of thioether (sulfide) groups is 1. The highest BCUT2D eigenvalue weighted by atomic mass is 32.2. The van der Waals surface area contributed by atoms with E-state index in [1.807, 2.05) is 6.92 Å². The molecule has 0 heterocycles. The van der Waals surface area contributed by atoms with Crippen molar-refractivity contribution in [2.45, 2.75) is 60.3 Å². The minimum Gasteiger partial charge on any atom is -0.458 e. The first-order valence-corrected chi connectivity index (χ1v) is 8.68. The highest BCUT2D eigenvalue weighted by Gasteiger charge is 1.99. The fourth-order valence-electron chi connectivity index (χ4n) is 1.75. The lowest BCUT2D eigenvalue weighted by atomic mass is 10.1. The molecule has 0 aromatic heterocycles. The van der Waals surface area contributed by atoms with Crippen LogP contribution in [0.1, 0.15) is 60.3 Å². The molecular formula is C18H30O2S. The first kappa shape index (κ1) is 20.0. The van der Waals surface area contributed by atoms with Gasteiger partial charge in [0.25, 0.3) is 0 Å². The van der Waals surface area contributed by atoms with Crippen LogP contribution in [-0.4, -0.2) is 17.7 Å². The zero-order chi connectivity index (χ0) is 16.1. The van der Waals surface area contributed by atoms with Crippen molar-refractivity contribution in [2.75, 3.05) is 12.4 Å². The van der Waals surface area contributed by atoms with Crippen molar-refractivity contribution < 1.29 is 9.53 Å². The molecule has 0 saturated carbocycles. The van der Waals surface area contributed by atoms with Crippen LogP contribution in [0.4, 0.5) is 4.79 Å². The van der Waals surface area contributed by atoms with Crippen LogP contribution in [-0.2, 0) is 4.74 Å². The number of allylic oxidation sites excluding steroid dienone is 5. The first-order valence-electron chi connectivity index (χ1n) is 7.69. The van der Waals surface area contributed by atoms with Crippen LogP contribution >= 0.6 is 11.8 Å². The van der Waals surface area contributed by atoms with E-state index in [9.17, 15) is 4.79 Å². The summed E-state index contributed by atoms with van der Waals surface area (Å²) in [6.07, 6.45) is 11.1. The molecule has 0 spiro atoms. The molecule has 120 valence electrons. The summed E-state index contributed by atoms with van der Waals surface area (Å²) in [4.78, 5) is 11.2. The molecule has 0 radical (unpaired) electrons. The number of rotatable bonds is 9. The van der Waals surface area contributed by atoms with E-state index >= 15 is 0 Å². The quantitative estimate of drug-likeness (QED) is 0.369. The minimum atomic E-state index is -0.184. The van der Waals surface area contributed by atoms with Gasteiger partial charge in [0.2, 0.25) is 0 Å². The Bertz CT molecular complexity index is 388. The summed E-state index contributed by atoms with van der Waals surface area (Å²) in [6.45, 7) is 10.9. The van der Waals surface area contributed by atoms with Crippen molar-refractivity contribution in [3.05, 3.63) is 34.9 Å². The van der Waals surface area contributed by atoms with Gasteiger partial charge in [-0.05, 0) is 72.1 Å². The zero-order valence-electron chi connectivity index (χ0n) is 14.2. The molecule has 0 N–H and O–H groups in total. The van der Waals surface area contributed by atoms with Gasteiger partial charge in [0.15, 0.2) is 0 Å². The smallest absolute Gasteiger partial charge is 0.367 e. The Morgan fingerprint density at radius 2 is 1.52 bits per heavy atom. The molecule has 0 aromatic carbocycles. The second-order valence-corrected chi connectivity index (χ2v) is 6.41. The van der Waals surface area contributed by atoms with Gasteiger partial charge in [0, 0.05) is 5.75 Å². The molecule has 0 aliphatic heterocycles. The number of hydrogen-bond donors (Lipinski definition) is 0. The van der Waals surface area contributed by atoms with Crippen molar-refractivity contribution >= 4 is 17.1 Å². The van der Waals surface area contributed by atoms with Crippen LogP contribution in [0.2, 0.25) is 0 Å². The van der Waals surface area contributed by atoms with Gasteiger partial charge < -0.3 is 4.74 Å². The van der Waals surface area contributed by atoms with Crippen molar-refractivity contribution in [3.63, 3.8) is 0 Å². The topological polar surface area (TPSA) is 26.3 Å². The molecule has 0 atom stereocenters. The maximum Gasteiger partial charge on any atom is 0.367 e. The zero-order valence-corrected chi connectivity index (χ0v) is 15.0. The molecule has 0 aliphatic carbocycles. The van der Waals surface area contributed by atoms with Crippen LogP contribution in [0.3, 0.4) is 0 Å². The van der Waals surface area contributed by atoms with Gasteiger partial charge in [-0.3, -0.25) is 0 Å². The van der Waals surface area contributed by atoms with Crippen LogP contribution in [0.25, 0.3) is 0 Å². The Morgan fingerprint density at radius 1 is 0.952 bits per heavy atom. The largest absolute Gasteiger partial charge is 0.458 e. The van der Waals surface area contributed by atoms with Crippen molar-refractivity contribution in [1.29, 1.82) is 0 Å². The van der Waals surface area contributed by atoms with Gasteiger partial charge >= 0.3 is 5.30 Å². The third-order valence-corrected chi connectivity index (χ3v) is 3.70. The molecule has 0 aliphatic rings. The standard InChI is InChI=1S/C18H30O2S/c1-6-20-18(19)21-14-13-17(5)12-8-11-16(4)10-7-9-15(2)3/h9,11,13H,6-8,10,12,14H2,1-5H3. The first-order chi connectivity index (χ1) is 9.95. The molecule has 0 unspecified atom stereocenters. The Hall–Kier alpha value is -0.960. The Labute approximate surface area is 134 Å². The van der Waals surface area contributed by atoms with E-state index in [-0.39, 0.29) is 5.30 Å². The Balaban J connectivity index is 3.88. The van der Waals surface area contributed by atoms with Gasteiger partial charge in [-0.15, -0.1) is 0 Å². The maximum atomic E-state index is 11.2. The molecule has 0 amide bonds. The number of hydrogen-bond acceptors (Lipinski definition) is 3. The normalized spacial score (nSPS) is 12.2. The summed E-state index contributed by atoms with van der Waals surface area (Å²) >= 11 is 1.22. The molecule has 3 heteroatoms. The summed E-state index contributed by atoms with van der Waals surface area (Å²) in [5, 5.41) is -0.184. The molecule has 0 aromatic rings. The summed E-state index contributed by atoms with van der Waals surface area (Å²) in [7, 11) is 0. The second kappa shape index (κ2) is 12.8. The number of ether oxygens (including phenoxy) is 1. The molecular weight excluding hydrogens is 280 g/mol. The maximum absolute atomic E-state index is 11.2. The summed E-state index contributed by atoms with van der Waals surface area (Å²) < 4.78 is 4.87. The number of carbonyl (C=O) groups excluding carboxylic acids is 1. The van der Waals surface area contributed by atoms with Crippen LogP contribution in [0.15, 0.2) is 34.9 Å². The fraction of sp³-hybridized carbons (Fsp3) is 0.611. The van der Waals surface area contributed by atoms with E-state index in [0.29, 0.717) is 12.4 Å². The second-order valence-electron chi connectivity index (χ2n) is 5.45. The molecule has 0 bridgehead atoms. The van der Waals surface area contributed by atoms with E-state index < -0.39 is 0 Å². The summed E-state index contributed by atoms with van der Waals surface area (Å²) in [5.74, 6) is 0.702. The van der Waals surface area contributed by atoms with Crippen LogP contribution in [0.5, 0.6) is 0 Å². The van der Waals surface area contributed by atoms with E-state index in [0.717, 1.165) is 25.7 Å². The summed E-state index contributed by atoms with van der Waals surface area (Å²) in [5.41, 5.74) is 4.18. The van der Waals surface area contributed by atoms with Crippen molar-refractivity contribution in [1.82, 2.24) is 0 Å². The lowest BCUT2D eigenvalue weighted by Crippen LogP contribution is -1.96. The number of carbonyl (C=O) groups is 1. The average molecular weight is 311 g/mol. The lowest BCUT2D eigenvalue weighted by molar-refractivity contribution is 0.181. The SMILES string of the molecule is CCOC(=O)SCC=C(C)CCC=C(C)CCC=C(C)C. The van der Waals surface area contributed by atoms with Crippen molar-refractivity contribution in [3.8, 4) is 0 Å². The monoisotopic (exact) mass is 310 g/mol. The minimum absolute atomic E-state index is 0.184. The molecule has 0 rings (SSSR count). The lowest BCUT2D eigenvalue weighted by Gasteiger charge is -2.02. The molecule has 2 nitrogen and oxygen atoms in total. The highest BCUT2D eigenvalue weighted by molar-refractivity contribution is 8.13. The van der Waals surface area contributed by atoms with Gasteiger partial charge in [-0.1, -0.05) is 34.9 Å². The predicted molar refractivity (Wildman–Crippen MR) is 94.9 cm³/mol. The van der Waals surface area contributed by atoms with Crippen molar-refractivity contribution in [2.24, 2.45) is 0 Å². The van der Waals surface area contributed by atoms with E-state index in [4.69, 9.17) is 4.74 Å². The molecule has 21 heavy (non-hydrogen) atoms. The van der Waals surface area contributed by atoms with E-state index in [2.05, 4.69) is 45.9 Å². The third-order valence-electron chi connectivity index (χ3n) is 3.02. The fourth-order valence-corrected chi connectivity index (χ4v) is 2.46. The third kappa shape index (κ3) is 13.8. The van der Waals surface area contributed by atoms with Crippen LogP contribution in [0, 0.1) is 0 Å². The van der Waals surface area contributed by atoms with Gasteiger partial charge in [-0.2, -0.15) is 0 Å².